The lowest BCUT2D eigenvalue weighted by Crippen LogP contribution is -2.46. The third-order valence-electron chi connectivity index (χ3n) is 3.79. The first kappa shape index (κ1) is 11.6. The zero-order valence-electron chi connectivity index (χ0n) is 11.1. The minimum Gasteiger partial charge on any atom is -0.365 e. The molecule has 1 amide bonds. The number of rotatable bonds is 2. The van der Waals surface area contributed by atoms with Gasteiger partial charge in [-0.2, -0.15) is 0 Å². The predicted molar refractivity (Wildman–Crippen MR) is 74.0 cm³/mol. The van der Waals surface area contributed by atoms with Gasteiger partial charge in [0.15, 0.2) is 0 Å². The van der Waals surface area contributed by atoms with Crippen molar-refractivity contribution >= 4 is 17.3 Å². The zero-order chi connectivity index (χ0) is 12.7. The van der Waals surface area contributed by atoms with Crippen LogP contribution in [0.1, 0.15) is 26.7 Å². The minimum absolute atomic E-state index is 0.0607. The fourth-order valence-corrected chi connectivity index (χ4v) is 2.69. The number of nitrogens with zero attached hydrogens (tertiary/aromatic N) is 2. The van der Waals surface area contributed by atoms with E-state index in [0.29, 0.717) is 6.04 Å². The van der Waals surface area contributed by atoms with Crippen LogP contribution in [0, 0.1) is 5.92 Å². The molecule has 18 heavy (non-hydrogen) atoms. The first-order chi connectivity index (χ1) is 8.68. The van der Waals surface area contributed by atoms with Crippen molar-refractivity contribution in [2.75, 3.05) is 22.9 Å². The summed E-state index contributed by atoms with van der Waals surface area (Å²) in [6.07, 6.45) is 2.60. The Labute approximate surface area is 108 Å². The van der Waals surface area contributed by atoms with Gasteiger partial charge in [0.25, 0.3) is 0 Å². The molecule has 0 radical (unpaired) electrons. The second-order valence-electron chi connectivity index (χ2n) is 5.56. The average molecular weight is 244 g/mol. The maximum Gasteiger partial charge on any atom is 0.229 e. The molecular weight excluding hydrogens is 224 g/mol. The molecule has 0 bridgehead atoms. The van der Waals surface area contributed by atoms with Crippen molar-refractivity contribution < 1.29 is 4.79 Å². The van der Waals surface area contributed by atoms with Gasteiger partial charge in [-0.25, -0.2) is 0 Å². The summed E-state index contributed by atoms with van der Waals surface area (Å²) in [6.45, 7) is 5.74. The number of hydrogen-bond donors (Lipinski definition) is 0. The van der Waals surface area contributed by atoms with Crippen molar-refractivity contribution in [2.24, 2.45) is 5.92 Å². The van der Waals surface area contributed by atoms with E-state index in [9.17, 15) is 4.79 Å². The predicted octanol–water partition coefficient (Wildman–Crippen LogP) is 2.66. The number of carbonyl (C=O) groups is 1. The molecule has 1 aliphatic carbocycles. The van der Waals surface area contributed by atoms with E-state index in [4.69, 9.17) is 0 Å². The molecule has 1 aromatic carbocycles. The molecule has 0 N–H and O–H groups in total. The van der Waals surface area contributed by atoms with Crippen LogP contribution in [0.3, 0.4) is 0 Å². The van der Waals surface area contributed by atoms with Crippen LogP contribution in [0.2, 0.25) is 0 Å². The fraction of sp³-hybridized carbons (Fsp3) is 0.533. The molecule has 3 heteroatoms. The van der Waals surface area contributed by atoms with Gasteiger partial charge < -0.3 is 9.80 Å². The smallest absolute Gasteiger partial charge is 0.229 e. The van der Waals surface area contributed by atoms with Crippen LogP contribution in [0.4, 0.5) is 11.4 Å². The molecule has 96 valence electrons. The van der Waals surface area contributed by atoms with Gasteiger partial charge in [-0.1, -0.05) is 26.0 Å². The molecule has 1 heterocycles. The summed E-state index contributed by atoms with van der Waals surface area (Å²) in [5.41, 5.74) is 2.33. The third kappa shape index (κ3) is 1.88. The average Bonchev–Trinajstić information content (AvgIpc) is 3.21. The van der Waals surface area contributed by atoms with Crippen LogP contribution in [0.5, 0.6) is 0 Å². The highest BCUT2D eigenvalue weighted by molar-refractivity contribution is 5.98. The second kappa shape index (κ2) is 4.30. The molecule has 0 atom stereocenters. The van der Waals surface area contributed by atoms with E-state index in [2.05, 4.69) is 23.1 Å². The van der Waals surface area contributed by atoms with Crippen LogP contribution in [-0.2, 0) is 4.79 Å². The number of para-hydroxylation sites is 2. The summed E-state index contributed by atoms with van der Waals surface area (Å²) in [4.78, 5) is 16.7. The van der Waals surface area contributed by atoms with Crippen LogP contribution in [0.25, 0.3) is 0 Å². The molecule has 0 aromatic heterocycles. The molecule has 0 spiro atoms. The number of fused-ring (bicyclic) bond motifs is 1. The van der Waals surface area contributed by atoms with E-state index in [0.717, 1.165) is 18.8 Å². The van der Waals surface area contributed by atoms with E-state index < -0.39 is 0 Å². The van der Waals surface area contributed by atoms with Crippen molar-refractivity contribution in [3.8, 4) is 0 Å². The Bertz CT molecular complexity index is 465. The Morgan fingerprint density at radius 1 is 1.17 bits per heavy atom. The van der Waals surface area contributed by atoms with Gasteiger partial charge in [-0.05, 0) is 25.0 Å². The Kier molecular flexibility index (Phi) is 2.77. The highest BCUT2D eigenvalue weighted by Gasteiger charge is 2.35. The van der Waals surface area contributed by atoms with E-state index >= 15 is 0 Å². The van der Waals surface area contributed by atoms with Crippen molar-refractivity contribution in [1.82, 2.24) is 0 Å². The largest absolute Gasteiger partial charge is 0.365 e. The van der Waals surface area contributed by atoms with Crippen LogP contribution >= 0.6 is 0 Å². The highest BCUT2D eigenvalue weighted by Crippen LogP contribution is 2.40. The first-order valence-corrected chi connectivity index (χ1v) is 6.85. The lowest BCUT2D eigenvalue weighted by Gasteiger charge is -2.38. The Balaban J connectivity index is 1.96. The normalized spacial score (nSPS) is 19.1. The molecule has 3 nitrogen and oxygen atoms in total. The third-order valence-corrected chi connectivity index (χ3v) is 3.79. The summed E-state index contributed by atoms with van der Waals surface area (Å²) < 4.78 is 0. The molecule has 0 saturated heterocycles. The van der Waals surface area contributed by atoms with E-state index in [1.165, 1.54) is 18.5 Å². The molecule has 1 aromatic rings. The summed E-state index contributed by atoms with van der Waals surface area (Å²) in [7, 11) is 0. The zero-order valence-corrected chi connectivity index (χ0v) is 11.1. The Morgan fingerprint density at radius 3 is 2.44 bits per heavy atom. The number of anilines is 2. The van der Waals surface area contributed by atoms with Crippen LogP contribution < -0.4 is 9.80 Å². The molecule has 3 rings (SSSR count). The van der Waals surface area contributed by atoms with E-state index in [1.807, 2.05) is 24.8 Å². The summed E-state index contributed by atoms with van der Waals surface area (Å²) in [6, 6.07) is 9.02. The first-order valence-electron chi connectivity index (χ1n) is 6.85. The monoisotopic (exact) mass is 244 g/mol. The molecule has 1 fully saturated rings. The van der Waals surface area contributed by atoms with Gasteiger partial charge in [0.1, 0.15) is 0 Å². The maximum absolute atomic E-state index is 12.3. The van der Waals surface area contributed by atoms with Crippen LogP contribution in [-0.4, -0.2) is 25.0 Å². The van der Waals surface area contributed by atoms with E-state index in [1.54, 1.807) is 0 Å². The van der Waals surface area contributed by atoms with Gasteiger partial charge in [-0.15, -0.1) is 0 Å². The van der Waals surface area contributed by atoms with Gasteiger partial charge in [-0.3, -0.25) is 4.79 Å². The number of amides is 1. The number of hydrogen-bond acceptors (Lipinski definition) is 2. The topological polar surface area (TPSA) is 23.6 Å². The van der Waals surface area contributed by atoms with Gasteiger partial charge in [0.05, 0.1) is 11.4 Å². The quantitative estimate of drug-likeness (QED) is 0.798. The summed E-state index contributed by atoms with van der Waals surface area (Å²) in [5.74, 6) is 0.295. The molecule has 1 aliphatic heterocycles. The highest BCUT2D eigenvalue weighted by atomic mass is 16.2. The standard InChI is InChI=1S/C15H20N2O/c1-11(2)15(18)17-10-9-16(12-7-8-12)13-5-3-4-6-14(13)17/h3-6,11-12H,7-10H2,1-2H3. The van der Waals surface area contributed by atoms with Crippen molar-refractivity contribution in [2.45, 2.75) is 32.7 Å². The van der Waals surface area contributed by atoms with Crippen LogP contribution in [0.15, 0.2) is 24.3 Å². The molecule has 2 aliphatic rings. The summed E-state index contributed by atoms with van der Waals surface area (Å²) in [5, 5.41) is 0. The van der Waals surface area contributed by atoms with Gasteiger partial charge in [0, 0.05) is 25.0 Å². The lowest BCUT2D eigenvalue weighted by molar-refractivity contribution is -0.121. The Hall–Kier alpha value is -1.51. The molecular formula is C15H20N2O. The Morgan fingerprint density at radius 2 is 1.83 bits per heavy atom. The van der Waals surface area contributed by atoms with Crippen molar-refractivity contribution in [3.05, 3.63) is 24.3 Å². The lowest BCUT2D eigenvalue weighted by atomic mass is 10.1. The number of carbonyl (C=O) groups excluding carboxylic acids is 1. The van der Waals surface area contributed by atoms with Gasteiger partial charge >= 0.3 is 0 Å². The van der Waals surface area contributed by atoms with Gasteiger partial charge in [0.2, 0.25) is 5.91 Å². The SMILES string of the molecule is CC(C)C(=O)N1CCN(C2CC2)c2ccccc21. The maximum atomic E-state index is 12.3. The second-order valence-corrected chi connectivity index (χ2v) is 5.56. The fourth-order valence-electron chi connectivity index (χ4n) is 2.69. The number of benzene rings is 1. The molecule has 1 saturated carbocycles. The molecule has 0 unspecified atom stereocenters. The summed E-state index contributed by atoms with van der Waals surface area (Å²) >= 11 is 0. The van der Waals surface area contributed by atoms with E-state index in [-0.39, 0.29) is 11.8 Å². The van der Waals surface area contributed by atoms with Crippen molar-refractivity contribution in [3.63, 3.8) is 0 Å². The minimum atomic E-state index is 0.0607. The van der Waals surface area contributed by atoms with Crippen molar-refractivity contribution in [1.29, 1.82) is 0 Å².